The predicted molar refractivity (Wildman–Crippen MR) is 155 cm³/mol. The molecule has 0 saturated carbocycles. The van der Waals surface area contributed by atoms with Gasteiger partial charge in [0.1, 0.15) is 12.0 Å². The molecule has 9 heteroatoms. The molecule has 0 radical (unpaired) electrons. The molecule has 5 rings (SSSR count). The summed E-state index contributed by atoms with van der Waals surface area (Å²) in [6.45, 7) is 2.08. The van der Waals surface area contributed by atoms with E-state index in [9.17, 15) is 14.9 Å². The second-order valence-corrected chi connectivity index (χ2v) is 8.70. The number of benzene rings is 3. The Bertz CT molecular complexity index is 1650. The van der Waals surface area contributed by atoms with Gasteiger partial charge in [0, 0.05) is 17.3 Å². The van der Waals surface area contributed by atoms with Crippen molar-refractivity contribution in [3.63, 3.8) is 0 Å². The Morgan fingerprint density at radius 3 is 2.25 bits per heavy atom. The topological polar surface area (TPSA) is 112 Å². The summed E-state index contributed by atoms with van der Waals surface area (Å²) >= 11 is 0. The molecule has 0 spiro atoms. The van der Waals surface area contributed by atoms with Crippen molar-refractivity contribution in [2.45, 2.75) is 6.92 Å². The van der Waals surface area contributed by atoms with Gasteiger partial charge in [-0.05, 0) is 54.4 Å². The Hall–Kier alpha value is -5.57. The molecule has 0 fully saturated rings. The van der Waals surface area contributed by atoms with Gasteiger partial charge in [0.25, 0.3) is 5.69 Å². The molecule has 2 heterocycles. The molecule has 0 unspecified atom stereocenters. The third-order valence-electron chi connectivity index (χ3n) is 6.13. The number of carbonyl (C=O) groups is 1. The lowest BCUT2D eigenvalue weighted by molar-refractivity contribution is -0.385. The first-order chi connectivity index (χ1) is 19.5. The monoisotopic (exact) mass is 531 g/mol. The zero-order chi connectivity index (χ0) is 27.9. The van der Waals surface area contributed by atoms with Crippen LogP contribution in [0, 0.1) is 10.1 Å². The van der Waals surface area contributed by atoms with E-state index in [1.807, 2.05) is 78.9 Å². The maximum Gasteiger partial charge on any atom is 0.338 e. The largest absolute Gasteiger partial charge is 0.462 e. The van der Waals surface area contributed by atoms with Crippen LogP contribution in [-0.4, -0.2) is 33.3 Å². The number of hydrogen-bond donors (Lipinski definition) is 1. The number of rotatable bonds is 9. The Kier molecular flexibility index (Phi) is 7.73. The van der Waals surface area contributed by atoms with Crippen LogP contribution in [0.25, 0.3) is 28.2 Å². The predicted octanol–water partition coefficient (Wildman–Crippen LogP) is 6.74. The molecule has 0 aliphatic rings. The number of nitrogens with one attached hydrogen (secondary N) is 1. The molecule has 0 amide bonds. The minimum absolute atomic E-state index is 0.0977. The summed E-state index contributed by atoms with van der Waals surface area (Å²) in [6.07, 6.45) is 2.87. The number of hydrogen-bond acceptors (Lipinski definition) is 7. The molecule has 2 aromatic heterocycles. The van der Waals surface area contributed by atoms with Crippen LogP contribution in [0.1, 0.15) is 22.8 Å². The number of esters is 1. The summed E-state index contributed by atoms with van der Waals surface area (Å²) in [6, 6.07) is 32.2. The summed E-state index contributed by atoms with van der Waals surface area (Å²) in [5, 5.41) is 15.3. The van der Waals surface area contributed by atoms with Gasteiger partial charge in [-0.25, -0.2) is 9.78 Å². The average molecular weight is 532 g/mol. The minimum Gasteiger partial charge on any atom is -0.462 e. The highest BCUT2D eigenvalue weighted by Gasteiger charge is 2.19. The number of carbonyl (C=O) groups excluding carboxylic acids is 1. The van der Waals surface area contributed by atoms with Gasteiger partial charge in [-0.1, -0.05) is 60.7 Å². The number of anilines is 1. The van der Waals surface area contributed by atoms with E-state index in [-0.39, 0.29) is 11.7 Å². The van der Waals surface area contributed by atoms with Gasteiger partial charge >= 0.3 is 5.97 Å². The molecule has 9 nitrogen and oxygen atoms in total. The molecule has 1 N–H and O–H groups in total. The molecule has 3 aromatic carbocycles. The number of pyridine rings is 1. The SMILES string of the molecule is CCOC(=O)c1ccc(-n2c(-c3ccccc3)cc(/C=N\Nc3ccc([N+](=O)[O-])cn3)c2-c2ccccc2)cc1. The Morgan fingerprint density at radius 1 is 0.975 bits per heavy atom. The molecule has 0 bridgehead atoms. The third kappa shape index (κ3) is 5.63. The first-order valence-electron chi connectivity index (χ1n) is 12.6. The summed E-state index contributed by atoms with van der Waals surface area (Å²) in [5.41, 5.74) is 8.70. The zero-order valence-corrected chi connectivity index (χ0v) is 21.6. The quantitative estimate of drug-likeness (QED) is 0.0976. The highest BCUT2D eigenvalue weighted by atomic mass is 16.6. The van der Waals surface area contributed by atoms with Gasteiger partial charge in [0.05, 0.1) is 34.7 Å². The molecule has 5 aromatic rings. The van der Waals surface area contributed by atoms with Gasteiger partial charge in [-0.15, -0.1) is 0 Å². The Labute approximate surface area is 230 Å². The second-order valence-electron chi connectivity index (χ2n) is 8.70. The molecule has 0 atom stereocenters. The van der Waals surface area contributed by atoms with Crippen LogP contribution in [0.5, 0.6) is 0 Å². The van der Waals surface area contributed by atoms with E-state index in [0.29, 0.717) is 18.0 Å². The van der Waals surface area contributed by atoms with Crippen molar-refractivity contribution in [3.8, 4) is 28.2 Å². The molecule has 0 aliphatic carbocycles. The maximum absolute atomic E-state index is 12.3. The summed E-state index contributed by atoms with van der Waals surface area (Å²) in [7, 11) is 0. The van der Waals surface area contributed by atoms with Crippen LogP contribution in [0.15, 0.2) is 114 Å². The van der Waals surface area contributed by atoms with Crippen LogP contribution in [0.3, 0.4) is 0 Å². The van der Waals surface area contributed by atoms with Crippen molar-refractivity contribution in [1.82, 2.24) is 9.55 Å². The van der Waals surface area contributed by atoms with E-state index >= 15 is 0 Å². The van der Waals surface area contributed by atoms with Crippen LogP contribution >= 0.6 is 0 Å². The van der Waals surface area contributed by atoms with Crippen LogP contribution in [-0.2, 0) is 4.74 Å². The van der Waals surface area contributed by atoms with Crippen LogP contribution < -0.4 is 5.43 Å². The molecule has 198 valence electrons. The normalized spacial score (nSPS) is 10.9. The smallest absolute Gasteiger partial charge is 0.338 e. The van der Waals surface area contributed by atoms with Crippen molar-refractivity contribution >= 4 is 23.7 Å². The van der Waals surface area contributed by atoms with Gasteiger partial charge in [-0.3, -0.25) is 15.5 Å². The van der Waals surface area contributed by atoms with Crippen molar-refractivity contribution in [1.29, 1.82) is 0 Å². The Balaban J connectivity index is 1.61. The number of aromatic nitrogens is 2. The fourth-order valence-corrected chi connectivity index (χ4v) is 4.30. The average Bonchev–Trinajstić information content (AvgIpc) is 3.38. The molecule has 40 heavy (non-hydrogen) atoms. The van der Waals surface area contributed by atoms with Gasteiger partial charge in [0.2, 0.25) is 0 Å². The first-order valence-corrected chi connectivity index (χ1v) is 12.6. The van der Waals surface area contributed by atoms with E-state index in [4.69, 9.17) is 4.74 Å². The molecule has 0 aliphatic heterocycles. The summed E-state index contributed by atoms with van der Waals surface area (Å²) < 4.78 is 7.28. The highest BCUT2D eigenvalue weighted by Crippen LogP contribution is 2.35. The number of nitrogens with zero attached hydrogens (tertiary/aromatic N) is 4. The fourth-order valence-electron chi connectivity index (χ4n) is 4.30. The maximum atomic E-state index is 12.3. The summed E-state index contributed by atoms with van der Waals surface area (Å²) in [5.74, 6) is 0.00672. The van der Waals surface area contributed by atoms with E-state index in [1.54, 1.807) is 25.3 Å². The Morgan fingerprint density at radius 2 is 1.65 bits per heavy atom. The number of ether oxygens (including phenoxy) is 1. The second kappa shape index (κ2) is 11.9. The fraction of sp³-hybridized carbons (Fsp3) is 0.0645. The number of nitro groups is 1. The first kappa shape index (κ1) is 26.1. The summed E-state index contributed by atoms with van der Waals surface area (Å²) in [4.78, 5) is 26.7. The lowest BCUT2D eigenvalue weighted by Gasteiger charge is -2.15. The standard InChI is InChI=1S/C31H25N5O4/c1-2-40-31(37)24-13-15-26(16-14-24)35-28(22-9-5-3-6-10-22)19-25(30(35)23-11-7-4-8-12-23)20-33-34-29-18-17-27(21-32-29)36(38)39/h3-21H,2H2,1H3,(H,32,34)/b33-20-. The van der Waals surface area contributed by atoms with Crippen molar-refractivity contribution in [2.75, 3.05) is 12.0 Å². The van der Waals surface area contributed by atoms with Crippen molar-refractivity contribution < 1.29 is 14.5 Å². The highest BCUT2D eigenvalue weighted by molar-refractivity contribution is 5.94. The van der Waals surface area contributed by atoms with E-state index in [2.05, 4.69) is 20.1 Å². The molecular weight excluding hydrogens is 506 g/mol. The van der Waals surface area contributed by atoms with Crippen LogP contribution in [0.2, 0.25) is 0 Å². The zero-order valence-electron chi connectivity index (χ0n) is 21.6. The van der Waals surface area contributed by atoms with E-state index < -0.39 is 4.92 Å². The van der Waals surface area contributed by atoms with E-state index in [0.717, 1.165) is 33.8 Å². The van der Waals surface area contributed by atoms with E-state index in [1.165, 1.54) is 18.3 Å². The number of hydrazone groups is 1. The van der Waals surface area contributed by atoms with Gasteiger partial charge in [-0.2, -0.15) is 5.10 Å². The van der Waals surface area contributed by atoms with Crippen molar-refractivity contribution in [2.24, 2.45) is 5.10 Å². The minimum atomic E-state index is -0.501. The van der Waals surface area contributed by atoms with Crippen LogP contribution in [0.4, 0.5) is 11.5 Å². The lowest BCUT2D eigenvalue weighted by atomic mass is 10.1. The van der Waals surface area contributed by atoms with Crippen molar-refractivity contribution in [3.05, 3.63) is 131 Å². The third-order valence-corrected chi connectivity index (χ3v) is 6.13. The lowest BCUT2D eigenvalue weighted by Crippen LogP contribution is -2.05. The molecular formula is C31H25N5O4. The van der Waals surface area contributed by atoms with Gasteiger partial charge in [0.15, 0.2) is 0 Å². The molecule has 0 saturated heterocycles. The van der Waals surface area contributed by atoms with Gasteiger partial charge < -0.3 is 9.30 Å².